The van der Waals surface area contributed by atoms with Crippen molar-refractivity contribution in [3.05, 3.63) is 51.3 Å². The number of aryl methyl sites for hydroxylation is 2. The molecule has 1 aromatic heterocycles. The van der Waals surface area contributed by atoms with Crippen LogP contribution in [-0.2, 0) is 13.5 Å². The number of nitrogens with zero attached hydrogens (tertiary/aromatic N) is 2. The molecule has 0 fully saturated rings. The van der Waals surface area contributed by atoms with Gasteiger partial charge in [0.25, 0.3) is 0 Å². The molecule has 3 N–H and O–H groups in total. The fraction of sp³-hybridized carbons (Fsp3) is 0.308. The lowest BCUT2D eigenvalue weighted by atomic mass is 9.99. The van der Waals surface area contributed by atoms with Crippen LogP contribution < -0.4 is 11.3 Å². The fourth-order valence-electron chi connectivity index (χ4n) is 2.15. The molecule has 0 aliphatic carbocycles. The zero-order chi connectivity index (χ0) is 14.0. The van der Waals surface area contributed by atoms with Crippen molar-refractivity contribution >= 4 is 23.2 Å². The van der Waals surface area contributed by atoms with Crippen LogP contribution >= 0.6 is 23.2 Å². The van der Waals surface area contributed by atoms with Crippen molar-refractivity contribution in [1.82, 2.24) is 15.2 Å². The van der Waals surface area contributed by atoms with E-state index in [4.69, 9.17) is 29.0 Å². The molecular weight excluding hydrogens is 283 g/mol. The molecule has 0 spiro atoms. The summed E-state index contributed by atoms with van der Waals surface area (Å²) in [5, 5.41) is 5.67. The molecule has 0 saturated carbocycles. The van der Waals surface area contributed by atoms with E-state index in [0.29, 0.717) is 10.0 Å². The lowest BCUT2D eigenvalue weighted by Gasteiger charge is -2.18. The van der Waals surface area contributed by atoms with E-state index >= 15 is 0 Å². The Labute approximate surface area is 122 Å². The number of nitrogens with two attached hydrogens (primary N) is 1. The number of nitrogens with one attached hydrogen (secondary N) is 1. The largest absolute Gasteiger partial charge is 0.275 e. The molecule has 0 radical (unpaired) electrons. The van der Waals surface area contributed by atoms with Gasteiger partial charge < -0.3 is 0 Å². The van der Waals surface area contributed by atoms with Crippen LogP contribution in [0.4, 0.5) is 0 Å². The van der Waals surface area contributed by atoms with Crippen molar-refractivity contribution < 1.29 is 0 Å². The second-order valence-electron chi connectivity index (χ2n) is 4.32. The van der Waals surface area contributed by atoms with Crippen molar-refractivity contribution in [2.24, 2.45) is 12.9 Å². The Morgan fingerprint density at radius 3 is 2.74 bits per heavy atom. The molecular formula is C13H16Cl2N4. The van der Waals surface area contributed by atoms with Crippen LogP contribution in [0.2, 0.25) is 10.0 Å². The molecule has 0 aliphatic rings. The zero-order valence-electron chi connectivity index (χ0n) is 10.8. The number of hydrogen-bond acceptors (Lipinski definition) is 3. The van der Waals surface area contributed by atoms with Crippen LogP contribution in [-0.4, -0.2) is 9.78 Å². The molecule has 2 rings (SSSR count). The third-order valence-corrected chi connectivity index (χ3v) is 3.60. The predicted octanol–water partition coefficient (Wildman–Crippen LogP) is 2.84. The molecule has 1 atom stereocenters. The lowest BCUT2D eigenvalue weighted by molar-refractivity contribution is 0.631. The molecule has 4 nitrogen and oxygen atoms in total. The van der Waals surface area contributed by atoms with Crippen LogP contribution in [0.1, 0.15) is 29.8 Å². The van der Waals surface area contributed by atoms with Crippen molar-refractivity contribution in [3.8, 4) is 0 Å². The summed E-state index contributed by atoms with van der Waals surface area (Å²) >= 11 is 12.3. The van der Waals surface area contributed by atoms with E-state index in [2.05, 4.69) is 17.4 Å². The second-order valence-corrected chi connectivity index (χ2v) is 5.17. The first-order chi connectivity index (χ1) is 9.06. The van der Waals surface area contributed by atoms with E-state index in [0.717, 1.165) is 23.2 Å². The smallest absolute Gasteiger partial charge is 0.0758 e. The minimum absolute atomic E-state index is 0.227. The molecule has 102 valence electrons. The quantitative estimate of drug-likeness (QED) is 0.674. The molecule has 2 aromatic rings. The minimum Gasteiger partial charge on any atom is -0.275 e. The summed E-state index contributed by atoms with van der Waals surface area (Å²) < 4.78 is 1.77. The first-order valence-corrected chi connectivity index (χ1v) is 6.75. The van der Waals surface area contributed by atoms with E-state index in [9.17, 15) is 0 Å². The number of hydrogen-bond donors (Lipinski definition) is 2. The number of aromatic nitrogens is 2. The summed E-state index contributed by atoms with van der Waals surface area (Å²) in [4.78, 5) is 0. The molecule has 19 heavy (non-hydrogen) atoms. The summed E-state index contributed by atoms with van der Waals surface area (Å²) in [6.45, 7) is 2.05. The molecule has 0 aliphatic heterocycles. The van der Waals surface area contributed by atoms with Crippen LogP contribution in [0.5, 0.6) is 0 Å². The number of hydrazine groups is 1. The van der Waals surface area contributed by atoms with E-state index in [1.165, 1.54) is 0 Å². The summed E-state index contributed by atoms with van der Waals surface area (Å²) in [6, 6.07) is 5.12. The summed E-state index contributed by atoms with van der Waals surface area (Å²) in [7, 11) is 1.88. The van der Waals surface area contributed by atoms with Gasteiger partial charge in [-0.15, -0.1) is 0 Å². The normalized spacial score (nSPS) is 12.7. The fourth-order valence-corrected chi connectivity index (χ4v) is 2.56. The Hall–Kier alpha value is -1.07. The maximum absolute atomic E-state index is 6.24. The Kier molecular flexibility index (Phi) is 4.47. The van der Waals surface area contributed by atoms with E-state index in [1.54, 1.807) is 16.8 Å². The topological polar surface area (TPSA) is 55.9 Å². The van der Waals surface area contributed by atoms with E-state index in [1.807, 2.05) is 19.3 Å². The average Bonchev–Trinajstić information content (AvgIpc) is 2.76. The predicted molar refractivity (Wildman–Crippen MR) is 78.2 cm³/mol. The molecule has 6 heteroatoms. The van der Waals surface area contributed by atoms with Gasteiger partial charge in [-0.05, 0) is 30.2 Å². The summed E-state index contributed by atoms with van der Waals surface area (Å²) in [5.41, 5.74) is 5.64. The van der Waals surface area contributed by atoms with Gasteiger partial charge in [0, 0.05) is 28.9 Å². The highest BCUT2D eigenvalue weighted by Crippen LogP contribution is 2.31. The highest BCUT2D eigenvalue weighted by atomic mass is 35.5. The molecule has 1 heterocycles. The summed E-state index contributed by atoms with van der Waals surface area (Å²) in [5.74, 6) is 5.70. The van der Waals surface area contributed by atoms with Gasteiger partial charge in [-0.1, -0.05) is 30.1 Å². The van der Waals surface area contributed by atoms with Gasteiger partial charge >= 0.3 is 0 Å². The third-order valence-electron chi connectivity index (χ3n) is 3.02. The maximum Gasteiger partial charge on any atom is 0.0758 e. The van der Waals surface area contributed by atoms with Crippen molar-refractivity contribution in [1.29, 1.82) is 0 Å². The van der Waals surface area contributed by atoms with Gasteiger partial charge in [-0.3, -0.25) is 10.5 Å². The van der Waals surface area contributed by atoms with Gasteiger partial charge in [-0.2, -0.15) is 5.10 Å². The molecule has 0 bridgehead atoms. The first kappa shape index (κ1) is 14.3. The van der Waals surface area contributed by atoms with Crippen LogP contribution in [0.15, 0.2) is 24.4 Å². The van der Waals surface area contributed by atoms with Gasteiger partial charge in [0.2, 0.25) is 0 Å². The minimum atomic E-state index is -0.227. The maximum atomic E-state index is 6.24. The highest BCUT2D eigenvalue weighted by molar-refractivity contribution is 6.33. The van der Waals surface area contributed by atoms with E-state index in [-0.39, 0.29) is 6.04 Å². The molecule has 0 amide bonds. The Morgan fingerprint density at radius 1 is 1.37 bits per heavy atom. The third kappa shape index (κ3) is 2.92. The van der Waals surface area contributed by atoms with E-state index < -0.39 is 0 Å². The van der Waals surface area contributed by atoms with Gasteiger partial charge in [-0.25, -0.2) is 5.43 Å². The number of halogens is 2. The summed E-state index contributed by atoms with van der Waals surface area (Å²) in [6.07, 6.45) is 2.77. The van der Waals surface area contributed by atoms with Crippen molar-refractivity contribution in [2.45, 2.75) is 19.4 Å². The van der Waals surface area contributed by atoms with Gasteiger partial charge in [0.1, 0.15) is 0 Å². The monoisotopic (exact) mass is 298 g/mol. The Balaban J connectivity index is 2.52. The van der Waals surface area contributed by atoms with Crippen molar-refractivity contribution in [2.75, 3.05) is 0 Å². The Morgan fingerprint density at radius 2 is 2.11 bits per heavy atom. The highest BCUT2D eigenvalue weighted by Gasteiger charge is 2.21. The molecule has 1 aromatic carbocycles. The number of benzene rings is 1. The van der Waals surface area contributed by atoms with Crippen LogP contribution in [0, 0.1) is 0 Å². The number of rotatable bonds is 4. The van der Waals surface area contributed by atoms with Crippen LogP contribution in [0.3, 0.4) is 0 Å². The molecule has 0 saturated heterocycles. The average molecular weight is 299 g/mol. The lowest BCUT2D eigenvalue weighted by Crippen LogP contribution is -2.29. The standard InChI is InChI=1S/C13H16Cl2N4/c1-3-12-10(7-19(2)18-12)13(17-16)9-6-8(14)4-5-11(9)15/h4-7,13,17H,3,16H2,1-2H3. The molecule has 1 unspecified atom stereocenters. The second kappa shape index (κ2) is 5.92. The zero-order valence-corrected chi connectivity index (χ0v) is 12.3. The SMILES string of the molecule is CCc1nn(C)cc1C(NN)c1cc(Cl)ccc1Cl. The first-order valence-electron chi connectivity index (χ1n) is 6.00. The van der Waals surface area contributed by atoms with Gasteiger partial charge in [0.15, 0.2) is 0 Å². The van der Waals surface area contributed by atoms with Gasteiger partial charge in [0.05, 0.1) is 11.7 Å². The Bertz CT molecular complexity index is 580. The van der Waals surface area contributed by atoms with Crippen LogP contribution in [0.25, 0.3) is 0 Å². The van der Waals surface area contributed by atoms with Crippen molar-refractivity contribution in [3.63, 3.8) is 0 Å².